The van der Waals surface area contributed by atoms with E-state index in [4.69, 9.17) is 4.52 Å². The third-order valence-corrected chi connectivity index (χ3v) is 5.60. The Bertz CT molecular complexity index is 857. The minimum Gasteiger partial charge on any atom is -0.360 e. The predicted molar refractivity (Wildman–Crippen MR) is 105 cm³/mol. The van der Waals surface area contributed by atoms with Crippen molar-refractivity contribution < 1.29 is 14.1 Å². The summed E-state index contributed by atoms with van der Waals surface area (Å²) in [5.74, 6) is 0.892. The second kappa shape index (κ2) is 7.75. The lowest BCUT2D eigenvalue weighted by atomic mass is 10.0. The van der Waals surface area contributed by atoms with Crippen LogP contribution in [0.15, 0.2) is 34.9 Å². The number of likely N-dealkylation sites (N-methyl/N-ethyl adjacent to an activating group) is 2. The van der Waals surface area contributed by atoms with Gasteiger partial charge in [-0.3, -0.25) is 9.59 Å². The average Bonchev–Trinajstić information content (AvgIpc) is 3.44. The Morgan fingerprint density at radius 3 is 2.64 bits per heavy atom. The van der Waals surface area contributed by atoms with Gasteiger partial charge < -0.3 is 19.6 Å². The topological polar surface area (TPSA) is 78.7 Å². The van der Waals surface area contributed by atoms with Gasteiger partial charge in [-0.2, -0.15) is 0 Å². The molecule has 1 aliphatic heterocycles. The van der Waals surface area contributed by atoms with Gasteiger partial charge in [0.2, 0.25) is 0 Å². The molecule has 7 heteroatoms. The first-order chi connectivity index (χ1) is 13.5. The van der Waals surface area contributed by atoms with Crippen molar-refractivity contribution in [2.45, 2.75) is 37.6 Å². The van der Waals surface area contributed by atoms with Crippen LogP contribution in [0.2, 0.25) is 0 Å². The van der Waals surface area contributed by atoms with E-state index in [1.165, 1.54) is 0 Å². The second-order valence-corrected chi connectivity index (χ2v) is 7.89. The summed E-state index contributed by atoms with van der Waals surface area (Å²) in [6.45, 7) is 1.98. The van der Waals surface area contributed by atoms with Crippen molar-refractivity contribution in [2.75, 3.05) is 32.5 Å². The lowest BCUT2D eigenvalue weighted by molar-refractivity contribution is 0.0644. The molecular formula is C21H26N4O3. The normalized spacial score (nSPS) is 20.0. The summed E-state index contributed by atoms with van der Waals surface area (Å²) in [4.78, 5) is 29.2. The maximum absolute atomic E-state index is 12.8. The number of piperidine rings is 1. The van der Waals surface area contributed by atoms with E-state index < -0.39 is 0 Å². The van der Waals surface area contributed by atoms with Crippen LogP contribution in [0.5, 0.6) is 0 Å². The van der Waals surface area contributed by atoms with E-state index >= 15 is 0 Å². The number of aromatic nitrogens is 1. The molecule has 1 saturated heterocycles. The molecule has 1 atom stereocenters. The first-order valence-corrected chi connectivity index (χ1v) is 9.85. The highest BCUT2D eigenvalue weighted by atomic mass is 16.5. The number of carbonyl (C=O) groups is 2. The van der Waals surface area contributed by atoms with Gasteiger partial charge >= 0.3 is 0 Å². The standard InChI is InChI=1S/C21H26N4O3/c1-24-11-3-4-17(13-24)25(2)21(27)15-7-9-16(10-8-15)22-20(26)18-12-19(28-23-18)14-5-6-14/h7-10,12,14,17H,3-6,11,13H2,1-2H3,(H,22,26)/t17-/m1/s1. The first-order valence-electron chi connectivity index (χ1n) is 9.85. The molecule has 1 N–H and O–H groups in total. The molecule has 28 heavy (non-hydrogen) atoms. The molecule has 2 heterocycles. The maximum atomic E-state index is 12.8. The van der Waals surface area contributed by atoms with Gasteiger partial charge in [0.15, 0.2) is 5.69 Å². The molecule has 2 aromatic rings. The summed E-state index contributed by atoms with van der Waals surface area (Å²) in [5, 5.41) is 6.65. The van der Waals surface area contributed by atoms with Crippen LogP contribution in [0.1, 0.15) is 58.2 Å². The molecule has 1 aromatic heterocycles. The van der Waals surface area contributed by atoms with Crippen LogP contribution >= 0.6 is 0 Å². The molecule has 0 bridgehead atoms. The van der Waals surface area contributed by atoms with Crippen molar-refractivity contribution in [3.8, 4) is 0 Å². The minimum atomic E-state index is -0.308. The highest BCUT2D eigenvalue weighted by molar-refractivity contribution is 6.03. The molecule has 2 aliphatic rings. The Balaban J connectivity index is 1.37. The summed E-state index contributed by atoms with van der Waals surface area (Å²) in [6, 6.07) is 8.93. The number of hydrogen-bond acceptors (Lipinski definition) is 5. The Kier molecular flexibility index (Phi) is 5.17. The third-order valence-electron chi connectivity index (χ3n) is 5.60. The Labute approximate surface area is 164 Å². The second-order valence-electron chi connectivity index (χ2n) is 7.89. The van der Waals surface area contributed by atoms with E-state index in [-0.39, 0.29) is 23.6 Å². The van der Waals surface area contributed by atoms with Gasteiger partial charge in [0.1, 0.15) is 5.76 Å². The SMILES string of the molecule is CN1CCC[C@@H](N(C)C(=O)c2ccc(NC(=O)c3cc(C4CC4)on3)cc2)C1. The van der Waals surface area contributed by atoms with Gasteiger partial charge in [-0.1, -0.05) is 5.16 Å². The van der Waals surface area contributed by atoms with E-state index in [1.807, 2.05) is 11.9 Å². The van der Waals surface area contributed by atoms with E-state index in [9.17, 15) is 9.59 Å². The maximum Gasteiger partial charge on any atom is 0.277 e. The number of carbonyl (C=O) groups excluding carboxylic acids is 2. The summed E-state index contributed by atoms with van der Waals surface area (Å²) in [7, 11) is 3.95. The van der Waals surface area contributed by atoms with Gasteiger partial charge in [-0.05, 0) is 63.5 Å². The van der Waals surface area contributed by atoms with Gasteiger partial charge in [0, 0.05) is 42.9 Å². The fourth-order valence-electron chi connectivity index (χ4n) is 3.67. The highest BCUT2D eigenvalue weighted by Gasteiger charge is 2.29. The number of amides is 2. The van der Waals surface area contributed by atoms with Gasteiger partial charge in [0.25, 0.3) is 11.8 Å². The van der Waals surface area contributed by atoms with Crippen LogP contribution in [-0.4, -0.2) is 60.0 Å². The average molecular weight is 382 g/mol. The molecule has 2 amide bonds. The molecular weight excluding hydrogens is 356 g/mol. The number of benzene rings is 1. The van der Waals surface area contributed by atoms with Crippen LogP contribution in [0.4, 0.5) is 5.69 Å². The van der Waals surface area contributed by atoms with E-state index in [1.54, 1.807) is 30.3 Å². The number of likely N-dealkylation sites (tertiary alicyclic amines) is 1. The lowest BCUT2D eigenvalue weighted by Crippen LogP contribution is -2.47. The van der Waals surface area contributed by atoms with Gasteiger partial charge in [0.05, 0.1) is 0 Å². The summed E-state index contributed by atoms with van der Waals surface area (Å²) in [5.41, 5.74) is 1.52. The zero-order valence-electron chi connectivity index (χ0n) is 16.4. The Morgan fingerprint density at radius 1 is 1.21 bits per heavy atom. The van der Waals surface area contributed by atoms with Crippen LogP contribution in [0, 0.1) is 0 Å². The molecule has 0 spiro atoms. The van der Waals surface area contributed by atoms with E-state index in [2.05, 4.69) is 22.4 Å². The minimum absolute atomic E-state index is 0.00347. The number of hydrogen-bond donors (Lipinski definition) is 1. The monoisotopic (exact) mass is 382 g/mol. The largest absolute Gasteiger partial charge is 0.360 e. The fourth-order valence-corrected chi connectivity index (χ4v) is 3.67. The molecule has 1 saturated carbocycles. The first kappa shape index (κ1) is 18.7. The smallest absolute Gasteiger partial charge is 0.277 e. The van der Waals surface area contributed by atoms with Gasteiger partial charge in [-0.15, -0.1) is 0 Å². The summed E-state index contributed by atoms with van der Waals surface area (Å²) >= 11 is 0. The molecule has 4 rings (SSSR count). The van der Waals surface area contributed by atoms with E-state index in [0.717, 1.165) is 44.5 Å². The quantitative estimate of drug-likeness (QED) is 0.860. The number of rotatable bonds is 5. The number of nitrogens with one attached hydrogen (secondary N) is 1. The predicted octanol–water partition coefficient (Wildman–Crippen LogP) is 2.97. The van der Waals surface area contributed by atoms with E-state index in [0.29, 0.717) is 17.2 Å². The highest BCUT2D eigenvalue weighted by Crippen LogP contribution is 2.40. The van der Waals surface area contributed by atoms with Crippen LogP contribution in [0.3, 0.4) is 0 Å². The zero-order chi connectivity index (χ0) is 19.7. The molecule has 148 valence electrons. The van der Waals surface area contributed by atoms with Crippen LogP contribution in [-0.2, 0) is 0 Å². The summed E-state index contributed by atoms with van der Waals surface area (Å²) < 4.78 is 5.23. The van der Waals surface area contributed by atoms with Crippen molar-refractivity contribution in [1.82, 2.24) is 15.0 Å². The Morgan fingerprint density at radius 2 is 1.96 bits per heavy atom. The van der Waals surface area contributed by atoms with Crippen molar-refractivity contribution in [2.24, 2.45) is 0 Å². The lowest BCUT2D eigenvalue weighted by Gasteiger charge is -2.35. The Hall–Kier alpha value is -2.67. The fraction of sp³-hybridized carbons (Fsp3) is 0.476. The van der Waals surface area contributed by atoms with Crippen molar-refractivity contribution >= 4 is 17.5 Å². The number of anilines is 1. The zero-order valence-corrected chi connectivity index (χ0v) is 16.4. The van der Waals surface area contributed by atoms with Crippen molar-refractivity contribution in [1.29, 1.82) is 0 Å². The van der Waals surface area contributed by atoms with Crippen LogP contribution < -0.4 is 5.32 Å². The van der Waals surface area contributed by atoms with Crippen molar-refractivity contribution in [3.63, 3.8) is 0 Å². The molecule has 0 unspecified atom stereocenters. The number of nitrogens with zero attached hydrogens (tertiary/aromatic N) is 3. The molecule has 7 nitrogen and oxygen atoms in total. The molecule has 2 fully saturated rings. The molecule has 1 aromatic carbocycles. The molecule has 0 radical (unpaired) electrons. The summed E-state index contributed by atoms with van der Waals surface area (Å²) in [6.07, 6.45) is 4.32. The van der Waals surface area contributed by atoms with Crippen molar-refractivity contribution in [3.05, 3.63) is 47.3 Å². The third kappa shape index (κ3) is 4.09. The van der Waals surface area contributed by atoms with Gasteiger partial charge in [-0.25, -0.2) is 0 Å². The molecule has 1 aliphatic carbocycles. The van der Waals surface area contributed by atoms with Crippen LogP contribution in [0.25, 0.3) is 0 Å².